The van der Waals surface area contributed by atoms with Crippen molar-refractivity contribution in [3.63, 3.8) is 0 Å². The lowest BCUT2D eigenvalue weighted by Crippen LogP contribution is -2.41. The molecule has 1 aliphatic rings. The van der Waals surface area contributed by atoms with E-state index in [4.69, 9.17) is 5.11 Å². The number of carbonyl (C=O) groups is 1. The maximum Gasteiger partial charge on any atom is 0.237 e. The Bertz CT molecular complexity index is 422. The van der Waals surface area contributed by atoms with Gasteiger partial charge in [0.1, 0.15) is 0 Å². The standard InChI is InChI=1S/C16H26N2O2S/c1-2-3-8-17(10-11-19)13-16(20)18-9-4-6-14(18)15-7-5-12-21-15/h5,7,12,14,19H,2-4,6,8-11,13H2,1H3/t14-/m0/s1. The molecule has 21 heavy (non-hydrogen) atoms. The summed E-state index contributed by atoms with van der Waals surface area (Å²) >= 11 is 1.74. The van der Waals surface area contributed by atoms with Gasteiger partial charge in [0, 0.05) is 18.0 Å². The Morgan fingerprint density at radius 3 is 3.05 bits per heavy atom. The first-order valence-electron chi connectivity index (χ1n) is 7.92. The van der Waals surface area contributed by atoms with Crippen LogP contribution in [-0.2, 0) is 4.79 Å². The number of amides is 1. The molecule has 1 fully saturated rings. The summed E-state index contributed by atoms with van der Waals surface area (Å²) < 4.78 is 0. The number of hydrogen-bond acceptors (Lipinski definition) is 4. The molecule has 1 N–H and O–H groups in total. The zero-order valence-electron chi connectivity index (χ0n) is 12.8. The molecule has 0 radical (unpaired) electrons. The molecular weight excluding hydrogens is 284 g/mol. The van der Waals surface area contributed by atoms with Gasteiger partial charge in [-0.3, -0.25) is 9.69 Å². The summed E-state index contributed by atoms with van der Waals surface area (Å²) in [4.78, 5) is 18.0. The van der Waals surface area contributed by atoms with Gasteiger partial charge < -0.3 is 10.0 Å². The van der Waals surface area contributed by atoms with Crippen LogP contribution in [0.2, 0.25) is 0 Å². The first-order valence-corrected chi connectivity index (χ1v) is 8.80. The van der Waals surface area contributed by atoms with Crippen LogP contribution >= 0.6 is 11.3 Å². The van der Waals surface area contributed by atoms with Crippen LogP contribution in [0.1, 0.15) is 43.5 Å². The van der Waals surface area contributed by atoms with E-state index in [2.05, 4.69) is 29.3 Å². The van der Waals surface area contributed by atoms with E-state index in [9.17, 15) is 4.79 Å². The Hall–Kier alpha value is -0.910. The highest BCUT2D eigenvalue weighted by atomic mass is 32.1. The van der Waals surface area contributed by atoms with Crippen molar-refractivity contribution in [2.24, 2.45) is 0 Å². The highest BCUT2D eigenvalue weighted by molar-refractivity contribution is 7.10. The molecule has 118 valence electrons. The summed E-state index contributed by atoms with van der Waals surface area (Å²) in [6, 6.07) is 4.45. The molecule has 0 aromatic carbocycles. The SMILES string of the molecule is CCCCN(CCO)CC(=O)N1CCC[C@H]1c1cccs1. The van der Waals surface area contributed by atoms with Gasteiger partial charge in [-0.15, -0.1) is 11.3 Å². The summed E-state index contributed by atoms with van der Waals surface area (Å²) in [5.74, 6) is 0.204. The van der Waals surface area contributed by atoms with Crippen molar-refractivity contribution in [1.82, 2.24) is 9.80 Å². The molecule has 4 nitrogen and oxygen atoms in total. The number of hydrogen-bond donors (Lipinski definition) is 1. The van der Waals surface area contributed by atoms with Gasteiger partial charge in [-0.25, -0.2) is 0 Å². The Morgan fingerprint density at radius 2 is 2.38 bits per heavy atom. The summed E-state index contributed by atoms with van der Waals surface area (Å²) in [6.45, 7) is 5.03. The van der Waals surface area contributed by atoms with Crippen molar-refractivity contribution in [3.05, 3.63) is 22.4 Å². The lowest BCUT2D eigenvalue weighted by Gasteiger charge is -2.28. The fourth-order valence-corrected chi connectivity index (χ4v) is 3.79. The van der Waals surface area contributed by atoms with Gasteiger partial charge in [0.05, 0.1) is 19.2 Å². The number of nitrogens with zero attached hydrogens (tertiary/aromatic N) is 2. The molecule has 2 heterocycles. The summed E-state index contributed by atoms with van der Waals surface area (Å²) in [5.41, 5.74) is 0. The van der Waals surface area contributed by atoms with Crippen LogP contribution in [0.5, 0.6) is 0 Å². The van der Waals surface area contributed by atoms with Gasteiger partial charge in [-0.2, -0.15) is 0 Å². The minimum atomic E-state index is 0.116. The molecule has 1 saturated heterocycles. The van der Waals surface area contributed by atoms with E-state index in [1.807, 2.05) is 4.90 Å². The van der Waals surface area contributed by atoms with E-state index in [1.165, 1.54) is 4.88 Å². The van der Waals surface area contributed by atoms with Crippen molar-refractivity contribution < 1.29 is 9.90 Å². The van der Waals surface area contributed by atoms with Crippen molar-refractivity contribution >= 4 is 17.2 Å². The monoisotopic (exact) mass is 310 g/mol. The Kier molecular flexibility index (Phi) is 6.67. The number of carbonyl (C=O) groups excluding carboxylic acids is 1. The van der Waals surface area contributed by atoms with E-state index in [0.29, 0.717) is 13.1 Å². The lowest BCUT2D eigenvalue weighted by molar-refractivity contribution is -0.133. The van der Waals surface area contributed by atoms with E-state index in [0.717, 1.165) is 38.8 Å². The van der Waals surface area contributed by atoms with Gasteiger partial charge >= 0.3 is 0 Å². The van der Waals surface area contributed by atoms with Crippen LogP contribution in [0, 0.1) is 0 Å². The second-order valence-electron chi connectivity index (χ2n) is 5.61. The first kappa shape index (κ1) is 16.5. The largest absolute Gasteiger partial charge is 0.395 e. The molecule has 0 aliphatic carbocycles. The average Bonchev–Trinajstić information content (AvgIpc) is 3.14. The number of thiophene rings is 1. The van der Waals surface area contributed by atoms with Crippen LogP contribution < -0.4 is 0 Å². The number of rotatable bonds is 8. The molecule has 0 unspecified atom stereocenters. The second-order valence-corrected chi connectivity index (χ2v) is 6.59. The second kappa shape index (κ2) is 8.51. The van der Waals surface area contributed by atoms with Crippen molar-refractivity contribution in [2.45, 2.75) is 38.6 Å². The zero-order valence-corrected chi connectivity index (χ0v) is 13.6. The van der Waals surface area contributed by atoms with Gasteiger partial charge in [0.15, 0.2) is 0 Å². The van der Waals surface area contributed by atoms with E-state index >= 15 is 0 Å². The molecule has 1 aliphatic heterocycles. The normalized spacial score (nSPS) is 18.6. The van der Waals surface area contributed by atoms with Crippen LogP contribution in [0.4, 0.5) is 0 Å². The van der Waals surface area contributed by atoms with E-state index in [-0.39, 0.29) is 18.6 Å². The quantitative estimate of drug-likeness (QED) is 0.802. The fourth-order valence-electron chi connectivity index (χ4n) is 2.92. The maximum atomic E-state index is 12.6. The Balaban J connectivity index is 1.94. The predicted molar refractivity (Wildman–Crippen MR) is 86.4 cm³/mol. The number of likely N-dealkylation sites (tertiary alicyclic amines) is 1. The number of aliphatic hydroxyl groups is 1. The van der Waals surface area contributed by atoms with Gasteiger partial charge in [0.2, 0.25) is 5.91 Å². The van der Waals surface area contributed by atoms with E-state index in [1.54, 1.807) is 11.3 Å². The molecule has 5 heteroatoms. The minimum Gasteiger partial charge on any atom is -0.395 e. The molecule has 2 rings (SSSR count). The van der Waals surface area contributed by atoms with E-state index < -0.39 is 0 Å². The summed E-state index contributed by atoms with van der Waals surface area (Å²) in [5, 5.41) is 11.2. The van der Waals surface area contributed by atoms with Crippen molar-refractivity contribution in [2.75, 3.05) is 32.8 Å². The third-order valence-electron chi connectivity index (χ3n) is 4.05. The van der Waals surface area contributed by atoms with Crippen molar-refractivity contribution in [1.29, 1.82) is 0 Å². The lowest BCUT2D eigenvalue weighted by atomic mass is 10.2. The van der Waals surface area contributed by atoms with Gasteiger partial charge in [0.25, 0.3) is 0 Å². The smallest absolute Gasteiger partial charge is 0.237 e. The number of aliphatic hydroxyl groups excluding tert-OH is 1. The molecule has 1 aromatic heterocycles. The van der Waals surface area contributed by atoms with Gasteiger partial charge in [-0.05, 0) is 37.3 Å². The maximum absolute atomic E-state index is 12.6. The molecular formula is C16H26N2O2S. The fraction of sp³-hybridized carbons (Fsp3) is 0.688. The van der Waals surface area contributed by atoms with Crippen LogP contribution in [0.3, 0.4) is 0 Å². The van der Waals surface area contributed by atoms with Crippen LogP contribution in [-0.4, -0.2) is 53.6 Å². The highest BCUT2D eigenvalue weighted by Gasteiger charge is 2.31. The summed E-state index contributed by atoms with van der Waals surface area (Å²) in [6.07, 6.45) is 4.34. The third-order valence-corrected chi connectivity index (χ3v) is 5.02. The Labute approximate surface area is 131 Å². The third kappa shape index (κ3) is 4.53. The molecule has 1 amide bonds. The average molecular weight is 310 g/mol. The molecule has 0 saturated carbocycles. The van der Waals surface area contributed by atoms with Crippen LogP contribution in [0.15, 0.2) is 17.5 Å². The van der Waals surface area contributed by atoms with Gasteiger partial charge in [-0.1, -0.05) is 19.4 Å². The first-order chi connectivity index (χ1) is 10.3. The number of unbranched alkanes of at least 4 members (excludes halogenated alkanes) is 1. The minimum absolute atomic E-state index is 0.116. The highest BCUT2D eigenvalue weighted by Crippen LogP contribution is 2.34. The molecule has 1 atom stereocenters. The molecule has 1 aromatic rings. The molecule has 0 bridgehead atoms. The zero-order chi connectivity index (χ0) is 15.1. The predicted octanol–water partition coefficient (Wildman–Crippen LogP) is 2.51. The van der Waals surface area contributed by atoms with Crippen molar-refractivity contribution in [3.8, 4) is 0 Å². The topological polar surface area (TPSA) is 43.8 Å². The molecule has 0 spiro atoms. The summed E-state index contributed by atoms with van der Waals surface area (Å²) in [7, 11) is 0. The van der Waals surface area contributed by atoms with Crippen LogP contribution in [0.25, 0.3) is 0 Å². The Morgan fingerprint density at radius 1 is 1.52 bits per heavy atom.